The van der Waals surface area contributed by atoms with Gasteiger partial charge in [0.25, 0.3) is 0 Å². The molecule has 3 aromatic rings. The van der Waals surface area contributed by atoms with Crippen LogP contribution in [0.25, 0.3) is 0 Å². The van der Waals surface area contributed by atoms with Crippen molar-refractivity contribution in [1.29, 1.82) is 0 Å². The molecular formula is C21H21Si. The summed E-state index contributed by atoms with van der Waals surface area (Å²) in [6.07, 6.45) is 0. The third-order valence-corrected chi connectivity index (χ3v) is 6.62. The topological polar surface area (TPSA) is 0 Å². The quantitative estimate of drug-likeness (QED) is 0.572. The Hall–Kier alpha value is -2.12. The number of hydrogen-bond acceptors (Lipinski definition) is 0. The van der Waals surface area contributed by atoms with E-state index in [4.69, 9.17) is 0 Å². The molecule has 0 aliphatic rings. The van der Waals surface area contributed by atoms with Crippen LogP contribution >= 0.6 is 0 Å². The lowest BCUT2D eigenvalue weighted by atomic mass is 10.2. The average molecular weight is 301 g/mol. The second-order valence-corrected chi connectivity index (χ2v) is 8.30. The summed E-state index contributed by atoms with van der Waals surface area (Å²) in [4.78, 5) is 0. The maximum Gasteiger partial charge on any atom is 0.0617 e. The summed E-state index contributed by atoms with van der Waals surface area (Å²) in [6, 6.07) is 36.5. The van der Waals surface area contributed by atoms with Crippen molar-refractivity contribution >= 4 is 8.80 Å². The third kappa shape index (κ3) is 4.44. The molecule has 0 amide bonds. The molecule has 3 rings (SSSR count). The van der Waals surface area contributed by atoms with Gasteiger partial charge >= 0.3 is 0 Å². The summed E-state index contributed by atoms with van der Waals surface area (Å²) < 4.78 is 0. The third-order valence-electron chi connectivity index (χ3n) is 3.89. The van der Waals surface area contributed by atoms with Crippen molar-refractivity contribution in [3.05, 3.63) is 108 Å². The van der Waals surface area contributed by atoms with Crippen LogP contribution in [0.2, 0.25) is 0 Å². The Kier molecular flexibility index (Phi) is 5.22. The fourth-order valence-electron chi connectivity index (χ4n) is 2.84. The molecule has 0 saturated carbocycles. The predicted molar refractivity (Wildman–Crippen MR) is 96.2 cm³/mol. The second kappa shape index (κ2) is 7.76. The molecule has 0 saturated heterocycles. The highest BCUT2D eigenvalue weighted by Gasteiger charge is 2.14. The van der Waals surface area contributed by atoms with Crippen LogP contribution in [0.15, 0.2) is 91.0 Å². The lowest BCUT2D eigenvalue weighted by Gasteiger charge is -2.16. The summed E-state index contributed by atoms with van der Waals surface area (Å²) in [5, 5.41) is 0. The predicted octanol–water partition coefficient (Wildman–Crippen LogP) is 4.83. The van der Waals surface area contributed by atoms with Gasteiger partial charge in [0.2, 0.25) is 0 Å². The molecule has 0 spiro atoms. The molecule has 1 radical (unpaired) electrons. The van der Waals surface area contributed by atoms with E-state index >= 15 is 0 Å². The van der Waals surface area contributed by atoms with Crippen LogP contribution in [-0.2, 0) is 18.1 Å². The molecule has 0 bridgehead atoms. The lowest BCUT2D eigenvalue weighted by Crippen LogP contribution is -2.24. The van der Waals surface area contributed by atoms with Crippen LogP contribution in [0.3, 0.4) is 0 Å². The van der Waals surface area contributed by atoms with Crippen LogP contribution in [0.5, 0.6) is 0 Å². The average Bonchev–Trinajstić information content (AvgIpc) is 2.57. The molecule has 1 heteroatoms. The molecule has 109 valence electrons. The number of benzene rings is 3. The van der Waals surface area contributed by atoms with Crippen molar-refractivity contribution in [3.63, 3.8) is 0 Å². The first-order valence-corrected chi connectivity index (χ1v) is 9.97. The van der Waals surface area contributed by atoms with Gasteiger partial charge in [-0.3, -0.25) is 0 Å². The molecule has 0 aliphatic carbocycles. The summed E-state index contributed by atoms with van der Waals surface area (Å²) >= 11 is 0. The lowest BCUT2D eigenvalue weighted by molar-refractivity contribution is 1.19. The van der Waals surface area contributed by atoms with Crippen LogP contribution in [-0.4, -0.2) is 8.80 Å². The van der Waals surface area contributed by atoms with Crippen LogP contribution in [0, 0.1) is 0 Å². The van der Waals surface area contributed by atoms with Gasteiger partial charge in [-0.15, -0.1) is 0 Å². The summed E-state index contributed by atoms with van der Waals surface area (Å²) in [5.74, 6) is 0. The van der Waals surface area contributed by atoms with Crippen molar-refractivity contribution in [3.8, 4) is 0 Å². The van der Waals surface area contributed by atoms with Gasteiger partial charge in [0.15, 0.2) is 0 Å². The van der Waals surface area contributed by atoms with Gasteiger partial charge in [0.1, 0.15) is 0 Å². The Balaban J connectivity index is 1.75. The van der Waals surface area contributed by atoms with Crippen LogP contribution in [0.4, 0.5) is 0 Å². The molecule has 0 nitrogen and oxygen atoms in total. The molecule has 0 aromatic heterocycles. The minimum atomic E-state index is -0.502. The zero-order valence-corrected chi connectivity index (χ0v) is 13.8. The van der Waals surface area contributed by atoms with E-state index in [2.05, 4.69) is 91.0 Å². The molecule has 0 aliphatic heterocycles. The fourth-order valence-corrected chi connectivity index (χ4v) is 5.66. The smallest absolute Gasteiger partial charge is 0.0617 e. The minimum Gasteiger partial charge on any atom is -0.0622 e. The first kappa shape index (κ1) is 14.8. The zero-order valence-electron chi connectivity index (χ0n) is 12.8. The normalized spacial score (nSPS) is 10.8. The highest BCUT2D eigenvalue weighted by molar-refractivity contribution is 6.57. The number of hydrogen-bond donors (Lipinski definition) is 0. The Morgan fingerprint density at radius 2 is 0.682 bits per heavy atom. The van der Waals surface area contributed by atoms with Crippen LogP contribution in [0.1, 0.15) is 16.7 Å². The molecule has 3 aromatic carbocycles. The van der Waals surface area contributed by atoms with Gasteiger partial charge in [0, 0.05) is 0 Å². The summed E-state index contributed by atoms with van der Waals surface area (Å²) in [5.41, 5.74) is 4.43. The van der Waals surface area contributed by atoms with Gasteiger partial charge in [-0.1, -0.05) is 108 Å². The highest BCUT2D eigenvalue weighted by Crippen LogP contribution is 2.13. The van der Waals surface area contributed by atoms with E-state index in [0.29, 0.717) is 0 Å². The Labute approximate surface area is 135 Å². The van der Waals surface area contributed by atoms with Gasteiger partial charge in [-0.05, 0) is 18.1 Å². The van der Waals surface area contributed by atoms with E-state index in [1.165, 1.54) is 34.8 Å². The monoisotopic (exact) mass is 301 g/mol. The molecule has 22 heavy (non-hydrogen) atoms. The first-order valence-electron chi connectivity index (χ1n) is 7.85. The standard InChI is InChI=1S/C21H21Si/c1-4-10-19(11-5-1)16-22(17-20-12-6-2-7-13-20)18-21-14-8-3-9-15-21/h1-15H,16-18H2. The Morgan fingerprint density at radius 3 is 0.955 bits per heavy atom. The van der Waals surface area contributed by atoms with E-state index in [9.17, 15) is 0 Å². The first-order chi connectivity index (χ1) is 10.9. The molecular weight excluding hydrogens is 280 g/mol. The van der Waals surface area contributed by atoms with Gasteiger partial charge in [-0.2, -0.15) is 0 Å². The van der Waals surface area contributed by atoms with E-state index in [-0.39, 0.29) is 0 Å². The fraction of sp³-hybridized carbons (Fsp3) is 0.143. The zero-order chi connectivity index (χ0) is 15.0. The Bertz CT molecular complexity index is 563. The van der Waals surface area contributed by atoms with Crippen molar-refractivity contribution in [1.82, 2.24) is 0 Å². The van der Waals surface area contributed by atoms with Crippen molar-refractivity contribution in [2.75, 3.05) is 0 Å². The van der Waals surface area contributed by atoms with Crippen LogP contribution < -0.4 is 0 Å². The summed E-state index contributed by atoms with van der Waals surface area (Å²) in [7, 11) is -0.502. The van der Waals surface area contributed by atoms with Gasteiger partial charge in [0.05, 0.1) is 8.80 Å². The molecule has 0 unspecified atom stereocenters. The second-order valence-electron chi connectivity index (χ2n) is 5.74. The molecule has 0 atom stereocenters. The van der Waals surface area contributed by atoms with Crippen molar-refractivity contribution in [2.24, 2.45) is 0 Å². The molecule has 0 heterocycles. The Morgan fingerprint density at radius 1 is 0.409 bits per heavy atom. The SMILES string of the molecule is c1ccc(C[Si](Cc2ccccc2)Cc2ccccc2)cc1. The molecule has 0 N–H and O–H groups in total. The summed E-state index contributed by atoms with van der Waals surface area (Å²) in [6.45, 7) is 0. The van der Waals surface area contributed by atoms with E-state index < -0.39 is 8.80 Å². The minimum absolute atomic E-state index is 0.502. The van der Waals surface area contributed by atoms with E-state index in [0.717, 1.165) is 0 Å². The van der Waals surface area contributed by atoms with Crippen molar-refractivity contribution < 1.29 is 0 Å². The van der Waals surface area contributed by atoms with E-state index in [1.54, 1.807) is 0 Å². The largest absolute Gasteiger partial charge is 0.0622 e. The van der Waals surface area contributed by atoms with E-state index in [1.807, 2.05) is 0 Å². The number of rotatable bonds is 6. The van der Waals surface area contributed by atoms with Crippen molar-refractivity contribution in [2.45, 2.75) is 18.1 Å². The maximum atomic E-state index is 2.26. The van der Waals surface area contributed by atoms with Gasteiger partial charge in [-0.25, -0.2) is 0 Å². The highest BCUT2D eigenvalue weighted by atomic mass is 28.3. The molecule has 0 fully saturated rings. The van der Waals surface area contributed by atoms with Gasteiger partial charge < -0.3 is 0 Å². The maximum absolute atomic E-state index is 2.26.